The van der Waals surface area contributed by atoms with Crippen molar-refractivity contribution in [2.45, 2.75) is 13.0 Å². The molecule has 0 aromatic carbocycles. The van der Waals surface area contributed by atoms with E-state index < -0.39 is 5.97 Å². The van der Waals surface area contributed by atoms with Gasteiger partial charge in [-0.05, 0) is 23.6 Å². The summed E-state index contributed by atoms with van der Waals surface area (Å²) in [6, 6.07) is 7.55. The Balaban J connectivity index is 1.95. The number of hydrogen-bond donors (Lipinski definition) is 1. The van der Waals surface area contributed by atoms with Crippen molar-refractivity contribution in [3.8, 4) is 11.3 Å². The average Bonchev–Trinajstić information content (AvgIpc) is 3.15. The summed E-state index contributed by atoms with van der Waals surface area (Å²) in [5.74, 6) is -1.08. The molecular weight excluding hydrogens is 288 g/mol. The van der Waals surface area contributed by atoms with Crippen molar-refractivity contribution in [2.24, 2.45) is 0 Å². The maximum atomic E-state index is 11.3. The molecule has 106 valence electrons. The number of carboxylic acid groups (broad SMARTS) is 1. The maximum Gasteiger partial charge on any atom is 0.358 e. The molecule has 0 aliphatic heterocycles. The molecule has 0 atom stereocenters. The highest BCUT2D eigenvalue weighted by atomic mass is 32.1. The number of aromatic nitrogens is 4. The fourth-order valence-corrected chi connectivity index (χ4v) is 2.78. The molecule has 0 aliphatic rings. The van der Waals surface area contributed by atoms with Crippen LogP contribution in [0, 0.1) is 0 Å². The SMILES string of the molecule is O=C(O)c1nnn(CCc2cccs2)c1-c1ccncc1. The molecule has 0 radical (unpaired) electrons. The molecular formula is C14H12N4O2S. The first-order valence-corrected chi connectivity index (χ1v) is 7.23. The molecule has 0 saturated heterocycles. The Hall–Kier alpha value is -2.54. The molecule has 3 rings (SSSR count). The van der Waals surface area contributed by atoms with Crippen LogP contribution in [0.25, 0.3) is 11.3 Å². The van der Waals surface area contributed by atoms with E-state index in [1.807, 2.05) is 17.5 Å². The average molecular weight is 300 g/mol. The van der Waals surface area contributed by atoms with Crippen LogP contribution in [-0.4, -0.2) is 31.1 Å². The zero-order chi connectivity index (χ0) is 14.7. The van der Waals surface area contributed by atoms with Crippen LogP contribution in [0.5, 0.6) is 0 Å². The number of nitrogens with zero attached hydrogens (tertiary/aromatic N) is 4. The lowest BCUT2D eigenvalue weighted by atomic mass is 10.1. The number of thiophene rings is 1. The Morgan fingerprint density at radius 1 is 1.29 bits per heavy atom. The Morgan fingerprint density at radius 3 is 2.76 bits per heavy atom. The van der Waals surface area contributed by atoms with Gasteiger partial charge in [0, 0.05) is 35.8 Å². The molecule has 3 aromatic rings. The minimum Gasteiger partial charge on any atom is -0.476 e. The first-order valence-electron chi connectivity index (χ1n) is 6.35. The summed E-state index contributed by atoms with van der Waals surface area (Å²) in [5.41, 5.74) is 1.23. The number of pyridine rings is 1. The second kappa shape index (κ2) is 5.84. The lowest BCUT2D eigenvalue weighted by Crippen LogP contribution is -2.06. The van der Waals surface area contributed by atoms with Crippen LogP contribution in [-0.2, 0) is 13.0 Å². The molecule has 0 saturated carbocycles. The summed E-state index contributed by atoms with van der Waals surface area (Å²) in [6.45, 7) is 0.582. The summed E-state index contributed by atoms with van der Waals surface area (Å²) in [4.78, 5) is 16.5. The fraction of sp³-hybridized carbons (Fsp3) is 0.143. The third kappa shape index (κ3) is 2.82. The molecule has 1 N–H and O–H groups in total. The lowest BCUT2D eigenvalue weighted by molar-refractivity contribution is 0.0691. The van der Waals surface area contributed by atoms with Gasteiger partial charge in [0.2, 0.25) is 0 Å². The van der Waals surface area contributed by atoms with Crippen LogP contribution in [0.15, 0.2) is 42.0 Å². The lowest BCUT2D eigenvalue weighted by Gasteiger charge is -2.06. The first kappa shape index (κ1) is 13.4. The van der Waals surface area contributed by atoms with Crippen molar-refractivity contribution in [1.82, 2.24) is 20.0 Å². The molecule has 3 aromatic heterocycles. The van der Waals surface area contributed by atoms with E-state index >= 15 is 0 Å². The summed E-state index contributed by atoms with van der Waals surface area (Å²) in [5, 5.41) is 19.1. The number of carbonyl (C=O) groups is 1. The highest BCUT2D eigenvalue weighted by Crippen LogP contribution is 2.22. The third-order valence-corrected chi connectivity index (χ3v) is 3.98. The maximum absolute atomic E-state index is 11.3. The van der Waals surface area contributed by atoms with Crippen LogP contribution in [0.1, 0.15) is 15.4 Å². The van der Waals surface area contributed by atoms with Crippen molar-refractivity contribution < 1.29 is 9.90 Å². The number of hydrogen-bond acceptors (Lipinski definition) is 5. The van der Waals surface area contributed by atoms with Crippen molar-refractivity contribution in [1.29, 1.82) is 0 Å². The monoisotopic (exact) mass is 300 g/mol. The molecule has 0 bridgehead atoms. The highest BCUT2D eigenvalue weighted by Gasteiger charge is 2.20. The second-order valence-electron chi connectivity index (χ2n) is 4.38. The predicted molar refractivity (Wildman–Crippen MR) is 78.2 cm³/mol. The molecule has 0 aliphatic carbocycles. The normalized spacial score (nSPS) is 10.7. The van der Waals surface area contributed by atoms with Gasteiger partial charge in [-0.3, -0.25) is 4.98 Å². The molecule has 6 nitrogen and oxygen atoms in total. The van der Waals surface area contributed by atoms with Gasteiger partial charge in [0.25, 0.3) is 0 Å². The smallest absolute Gasteiger partial charge is 0.358 e. The Labute approximate surface area is 124 Å². The van der Waals surface area contributed by atoms with Crippen molar-refractivity contribution in [2.75, 3.05) is 0 Å². The van der Waals surface area contributed by atoms with Crippen molar-refractivity contribution >= 4 is 17.3 Å². The highest BCUT2D eigenvalue weighted by molar-refractivity contribution is 7.09. The summed E-state index contributed by atoms with van der Waals surface area (Å²) < 4.78 is 1.64. The van der Waals surface area contributed by atoms with Gasteiger partial charge in [-0.25, -0.2) is 9.48 Å². The topological polar surface area (TPSA) is 80.9 Å². The molecule has 7 heteroatoms. The van der Waals surface area contributed by atoms with E-state index in [4.69, 9.17) is 0 Å². The van der Waals surface area contributed by atoms with E-state index in [0.29, 0.717) is 12.2 Å². The van der Waals surface area contributed by atoms with E-state index in [-0.39, 0.29) is 5.69 Å². The van der Waals surface area contributed by atoms with Gasteiger partial charge >= 0.3 is 5.97 Å². The van der Waals surface area contributed by atoms with Crippen molar-refractivity contribution in [3.05, 3.63) is 52.6 Å². The molecule has 0 unspecified atom stereocenters. The van der Waals surface area contributed by atoms with E-state index in [0.717, 1.165) is 12.0 Å². The first-order chi connectivity index (χ1) is 10.3. The minimum atomic E-state index is -1.08. The zero-order valence-corrected chi connectivity index (χ0v) is 11.8. The Morgan fingerprint density at radius 2 is 2.10 bits per heavy atom. The number of aromatic carboxylic acids is 1. The molecule has 21 heavy (non-hydrogen) atoms. The van der Waals surface area contributed by atoms with Crippen LogP contribution >= 0.6 is 11.3 Å². The Bertz CT molecular complexity index is 738. The minimum absolute atomic E-state index is 0.0348. The van der Waals surface area contributed by atoms with Gasteiger partial charge in [0.1, 0.15) is 5.69 Å². The number of rotatable bonds is 5. The van der Waals surface area contributed by atoms with Gasteiger partial charge in [-0.15, -0.1) is 16.4 Å². The summed E-state index contributed by atoms with van der Waals surface area (Å²) in [6.07, 6.45) is 4.04. The van der Waals surface area contributed by atoms with Gasteiger partial charge in [-0.1, -0.05) is 11.3 Å². The molecule has 0 spiro atoms. The van der Waals surface area contributed by atoms with Gasteiger partial charge in [-0.2, -0.15) is 0 Å². The predicted octanol–water partition coefficient (Wildman–Crippen LogP) is 2.34. The molecule has 0 fully saturated rings. The summed E-state index contributed by atoms with van der Waals surface area (Å²) in [7, 11) is 0. The summed E-state index contributed by atoms with van der Waals surface area (Å²) >= 11 is 1.67. The fourth-order valence-electron chi connectivity index (χ4n) is 2.08. The van der Waals surface area contributed by atoms with Crippen molar-refractivity contribution in [3.63, 3.8) is 0 Å². The largest absolute Gasteiger partial charge is 0.476 e. The van der Waals surface area contributed by atoms with Crippen LogP contribution < -0.4 is 0 Å². The Kier molecular flexibility index (Phi) is 3.74. The van der Waals surface area contributed by atoms with E-state index in [2.05, 4.69) is 15.3 Å². The number of carboxylic acids is 1. The quantitative estimate of drug-likeness (QED) is 0.782. The molecule has 3 heterocycles. The van der Waals surface area contributed by atoms with Gasteiger partial charge in [0.15, 0.2) is 5.69 Å². The van der Waals surface area contributed by atoms with Crippen LogP contribution in [0.4, 0.5) is 0 Å². The molecule has 0 amide bonds. The van der Waals surface area contributed by atoms with E-state index in [1.54, 1.807) is 40.5 Å². The van der Waals surface area contributed by atoms with Gasteiger partial charge < -0.3 is 5.11 Å². The van der Waals surface area contributed by atoms with Crippen LogP contribution in [0.3, 0.4) is 0 Å². The second-order valence-corrected chi connectivity index (χ2v) is 5.41. The standard InChI is InChI=1S/C14H12N4O2S/c19-14(20)12-13(10-3-6-15-7-4-10)18(17-16-12)8-5-11-2-1-9-21-11/h1-4,6-7,9H,5,8H2,(H,19,20). The van der Waals surface area contributed by atoms with Gasteiger partial charge in [0.05, 0.1) is 0 Å². The third-order valence-electron chi connectivity index (χ3n) is 3.04. The van der Waals surface area contributed by atoms with Crippen LogP contribution in [0.2, 0.25) is 0 Å². The van der Waals surface area contributed by atoms with E-state index in [9.17, 15) is 9.90 Å². The van der Waals surface area contributed by atoms with E-state index in [1.165, 1.54) is 4.88 Å². The zero-order valence-electron chi connectivity index (χ0n) is 11.0. The number of aryl methyl sites for hydroxylation is 2.